The Morgan fingerprint density at radius 3 is 2.46 bits per heavy atom. The van der Waals surface area contributed by atoms with Crippen LogP contribution in [0.4, 0.5) is 0 Å². The van der Waals surface area contributed by atoms with Gasteiger partial charge in [-0.2, -0.15) is 0 Å². The molecule has 13 heavy (non-hydrogen) atoms. The fraction of sp³-hybridized carbons (Fsp3) is 0.889. The zero-order chi connectivity index (χ0) is 8.81. The average Bonchev–Trinajstić information content (AvgIpc) is 2.06. The quantitative estimate of drug-likeness (QED) is 0.631. The van der Waals surface area contributed by atoms with E-state index >= 15 is 0 Å². The monoisotopic (exact) mass is 195 g/mol. The summed E-state index contributed by atoms with van der Waals surface area (Å²) < 4.78 is 0. The summed E-state index contributed by atoms with van der Waals surface area (Å²) in [4.78, 5) is 16.2. The fourth-order valence-electron chi connectivity index (χ4n) is 1.35. The molecule has 4 heteroatoms. The molecule has 0 aromatic heterocycles. The van der Waals surface area contributed by atoms with Crippen LogP contribution in [0.15, 0.2) is 0 Å². The Labute approximate surface area is 102 Å². The van der Waals surface area contributed by atoms with Gasteiger partial charge in [0.15, 0.2) is 0 Å². The van der Waals surface area contributed by atoms with Crippen molar-refractivity contribution in [2.24, 2.45) is 0 Å². The van der Waals surface area contributed by atoms with Gasteiger partial charge in [-0.15, -0.1) is 5.06 Å². The normalized spacial score (nSPS) is 17.6. The molecule has 1 heterocycles. The average molecular weight is 195 g/mol. The van der Waals surface area contributed by atoms with E-state index in [9.17, 15) is 4.79 Å². The number of rotatable bonds is 3. The molecule has 0 spiro atoms. The molecule has 1 aliphatic rings. The van der Waals surface area contributed by atoms with Gasteiger partial charge in [-0.05, 0) is 19.3 Å². The Morgan fingerprint density at radius 1 is 1.31 bits per heavy atom. The summed E-state index contributed by atoms with van der Waals surface area (Å²) in [5.41, 5.74) is 0. The second kappa shape index (κ2) is 7.80. The van der Waals surface area contributed by atoms with Crippen molar-refractivity contribution in [1.82, 2.24) is 5.06 Å². The number of hydrogen-bond acceptors (Lipinski definition) is 3. The van der Waals surface area contributed by atoms with E-state index in [0.717, 1.165) is 32.4 Å². The van der Waals surface area contributed by atoms with Gasteiger partial charge in [0.2, 0.25) is 0 Å². The summed E-state index contributed by atoms with van der Waals surface area (Å²) in [5.74, 6) is -0.0839. The molecule has 1 aliphatic heterocycles. The molecule has 1 saturated heterocycles. The van der Waals surface area contributed by atoms with Gasteiger partial charge in [0, 0.05) is 19.5 Å². The van der Waals surface area contributed by atoms with Crippen LogP contribution in [0.3, 0.4) is 0 Å². The van der Waals surface area contributed by atoms with Crippen molar-refractivity contribution in [1.29, 1.82) is 0 Å². The SMILES string of the molecule is CCCC(=O)ON1CCCCC1.[NaH]. The minimum absolute atomic E-state index is 0. The number of hydrogen-bond donors (Lipinski definition) is 0. The number of nitrogens with zero attached hydrogens (tertiary/aromatic N) is 1. The van der Waals surface area contributed by atoms with Crippen molar-refractivity contribution in [3.63, 3.8) is 0 Å². The Morgan fingerprint density at radius 2 is 1.92 bits per heavy atom. The standard InChI is InChI=1S/C9H17NO2.Na.H/c1-2-6-9(11)12-10-7-4-3-5-8-10;;/h2-8H2,1H3;;. The summed E-state index contributed by atoms with van der Waals surface area (Å²) in [7, 11) is 0. The van der Waals surface area contributed by atoms with E-state index < -0.39 is 0 Å². The number of piperidine rings is 1. The van der Waals surface area contributed by atoms with Gasteiger partial charge in [0.05, 0.1) is 0 Å². The second-order valence-corrected chi connectivity index (χ2v) is 3.20. The first-order valence-electron chi connectivity index (χ1n) is 4.78. The third kappa shape index (κ3) is 5.68. The van der Waals surface area contributed by atoms with Crippen LogP contribution in [0.2, 0.25) is 0 Å². The van der Waals surface area contributed by atoms with E-state index in [1.54, 1.807) is 5.06 Å². The summed E-state index contributed by atoms with van der Waals surface area (Å²) in [6.45, 7) is 3.81. The maximum absolute atomic E-state index is 11.0. The summed E-state index contributed by atoms with van der Waals surface area (Å²) >= 11 is 0. The molecule has 0 saturated carbocycles. The Bertz CT molecular complexity index is 147. The van der Waals surface area contributed by atoms with Crippen molar-refractivity contribution in [2.45, 2.75) is 39.0 Å². The fourth-order valence-corrected chi connectivity index (χ4v) is 1.35. The molecule has 0 unspecified atom stereocenters. The van der Waals surface area contributed by atoms with Crippen LogP contribution in [-0.2, 0) is 9.63 Å². The van der Waals surface area contributed by atoms with Crippen molar-refractivity contribution >= 4 is 35.5 Å². The molecule has 3 nitrogen and oxygen atoms in total. The molecule has 1 fully saturated rings. The Balaban J connectivity index is 0.00000144. The van der Waals surface area contributed by atoms with E-state index in [1.165, 1.54) is 6.42 Å². The van der Waals surface area contributed by atoms with Crippen molar-refractivity contribution in [3.05, 3.63) is 0 Å². The van der Waals surface area contributed by atoms with Crippen molar-refractivity contribution in [2.75, 3.05) is 13.1 Å². The molecule has 0 aromatic carbocycles. The van der Waals surface area contributed by atoms with Crippen LogP contribution in [-0.4, -0.2) is 53.7 Å². The molecule has 72 valence electrons. The van der Waals surface area contributed by atoms with Crippen molar-refractivity contribution in [3.8, 4) is 0 Å². The van der Waals surface area contributed by atoms with Gasteiger partial charge in [0.1, 0.15) is 0 Å². The van der Waals surface area contributed by atoms with Gasteiger partial charge in [-0.3, -0.25) is 4.79 Å². The van der Waals surface area contributed by atoms with Crippen LogP contribution in [0.25, 0.3) is 0 Å². The first kappa shape index (κ1) is 13.4. The van der Waals surface area contributed by atoms with Gasteiger partial charge < -0.3 is 4.84 Å². The van der Waals surface area contributed by atoms with Crippen molar-refractivity contribution < 1.29 is 9.63 Å². The molecule has 0 amide bonds. The van der Waals surface area contributed by atoms with Gasteiger partial charge in [0.25, 0.3) is 0 Å². The van der Waals surface area contributed by atoms with E-state index in [0.29, 0.717) is 6.42 Å². The number of carbonyl (C=O) groups excluding carboxylic acids is 1. The minimum atomic E-state index is -0.0839. The predicted octanol–water partition coefficient (Wildman–Crippen LogP) is 1.08. The van der Waals surface area contributed by atoms with E-state index in [-0.39, 0.29) is 35.5 Å². The van der Waals surface area contributed by atoms with Gasteiger partial charge >= 0.3 is 35.5 Å². The number of carbonyl (C=O) groups is 1. The molecule has 0 bridgehead atoms. The molecule has 0 N–H and O–H groups in total. The third-order valence-corrected chi connectivity index (χ3v) is 2.00. The van der Waals surface area contributed by atoms with E-state index in [2.05, 4.69) is 0 Å². The third-order valence-electron chi connectivity index (χ3n) is 2.00. The Kier molecular flexibility index (Phi) is 8.06. The first-order valence-corrected chi connectivity index (χ1v) is 4.78. The first-order chi connectivity index (χ1) is 5.83. The second-order valence-electron chi connectivity index (χ2n) is 3.20. The zero-order valence-corrected chi connectivity index (χ0v) is 7.71. The number of hydroxylamine groups is 2. The molecule has 0 aromatic rings. The van der Waals surface area contributed by atoms with E-state index in [1.807, 2.05) is 6.92 Å². The molecular weight excluding hydrogens is 177 g/mol. The van der Waals surface area contributed by atoms with Crippen LogP contribution < -0.4 is 0 Å². The van der Waals surface area contributed by atoms with Crippen LogP contribution in [0.5, 0.6) is 0 Å². The molecule has 0 atom stereocenters. The summed E-state index contributed by atoms with van der Waals surface area (Å²) in [6.07, 6.45) is 4.98. The zero-order valence-electron chi connectivity index (χ0n) is 7.71. The van der Waals surface area contributed by atoms with Gasteiger partial charge in [-0.25, -0.2) is 0 Å². The Hall–Kier alpha value is 0.430. The molecule has 1 rings (SSSR count). The van der Waals surface area contributed by atoms with Gasteiger partial charge in [-0.1, -0.05) is 13.3 Å². The van der Waals surface area contributed by atoms with Crippen LogP contribution in [0, 0.1) is 0 Å². The summed E-state index contributed by atoms with van der Waals surface area (Å²) in [6, 6.07) is 0. The molecular formula is C9H18NNaO2. The topological polar surface area (TPSA) is 29.5 Å². The van der Waals surface area contributed by atoms with Crippen LogP contribution >= 0.6 is 0 Å². The summed E-state index contributed by atoms with van der Waals surface area (Å²) in [5, 5.41) is 1.79. The predicted molar refractivity (Wildman–Crippen MR) is 53.6 cm³/mol. The maximum atomic E-state index is 11.0. The van der Waals surface area contributed by atoms with Crippen LogP contribution in [0.1, 0.15) is 39.0 Å². The molecule has 0 aliphatic carbocycles. The van der Waals surface area contributed by atoms with E-state index in [4.69, 9.17) is 4.84 Å². The molecule has 0 radical (unpaired) electrons.